The van der Waals surface area contributed by atoms with E-state index >= 15 is 0 Å². The molecule has 0 radical (unpaired) electrons. The number of unbranched alkanes of at least 4 members (excludes halogenated alkanes) is 2. The van der Waals surface area contributed by atoms with E-state index in [1.54, 1.807) is 0 Å². The van der Waals surface area contributed by atoms with Crippen LogP contribution in [0.5, 0.6) is 5.75 Å². The van der Waals surface area contributed by atoms with Crippen LogP contribution in [0.4, 0.5) is 0 Å². The SMILES string of the molecule is CCCCN(CCCC)CCCOc1ccc(-c2nc3ccc(Br)cn3c2C)cc1. The van der Waals surface area contributed by atoms with Crippen LogP contribution in [0.3, 0.4) is 0 Å². The van der Waals surface area contributed by atoms with Gasteiger partial charge in [0, 0.05) is 28.5 Å². The molecule has 0 unspecified atom stereocenters. The number of aryl methyl sites for hydroxylation is 1. The number of hydrogen-bond donors (Lipinski definition) is 0. The van der Waals surface area contributed by atoms with Crippen molar-refractivity contribution in [3.8, 4) is 17.0 Å². The van der Waals surface area contributed by atoms with Crippen molar-refractivity contribution in [3.63, 3.8) is 0 Å². The van der Waals surface area contributed by atoms with Crippen molar-refractivity contribution in [3.05, 3.63) is 52.8 Å². The van der Waals surface area contributed by atoms with Gasteiger partial charge in [0.2, 0.25) is 0 Å². The highest BCUT2D eigenvalue weighted by molar-refractivity contribution is 9.10. The summed E-state index contributed by atoms with van der Waals surface area (Å²) in [6.07, 6.45) is 8.21. The molecule has 1 aromatic carbocycles. The van der Waals surface area contributed by atoms with Gasteiger partial charge in [-0.3, -0.25) is 0 Å². The van der Waals surface area contributed by atoms with E-state index in [1.807, 2.05) is 12.1 Å². The maximum absolute atomic E-state index is 6.00. The van der Waals surface area contributed by atoms with Gasteiger partial charge in [-0.1, -0.05) is 26.7 Å². The summed E-state index contributed by atoms with van der Waals surface area (Å²) in [5.41, 5.74) is 4.23. The molecular formula is C25H34BrN3O. The van der Waals surface area contributed by atoms with E-state index in [0.29, 0.717) is 0 Å². The molecule has 0 bridgehead atoms. The quantitative estimate of drug-likeness (QED) is 0.273. The summed E-state index contributed by atoms with van der Waals surface area (Å²) < 4.78 is 9.17. The van der Waals surface area contributed by atoms with Gasteiger partial charge in [0.15, 0.2) is 0 Å². The third-order valence-electron chi connectivity index (χ3n) is 5.49. The normalized spacial score (nSPS) is 11.5. The average Bonchev–Trinajstić information content (AvgIpc) is 3.09. The lowest BCUT2D eigenvalue weighted by atomic mass is 10.1. The molecule has 0 fully saturated rings. The van der Waals surface area contributed by atoms with Crippen molar-refractivity contribution >= 4 is 21.6 Å². The fraction of sp³-hybridized carbons (Fsp3) is 0.480. The Morgan fingerprint density at radius 2 is 1.60 bits per heavy atom. The molecule has 0 saturated carbocycles. The fourth-order valence-corrected chi connectivity index (χ4v) is 4.03. The third kappa shape index (κ3) is 6.08. The van der Waals surface area contributed by atoms with Gasteiger partial charge in [-0.15, -0.1) is 0 Å². The maximum atomic E-state index is 6.00. The summed E-state index contributed by atoms with van der Waals surface area (Å²) in [5.74, 6) is 0.927. The lowest BCUT2D eigenvalue weighted by Crippen LogP contribution is -2.28. The van der Waals surface area contributed by atoms with Crippen molar-refractivity contribution < 1.29 is 4.74 Å². The molecule has 0 atom stereocenters. The maximum Gasteiger partial charge on any atom is 0.137 e. The number of benzene rings is 1. The largest absolute Gasteiger partial charge is 0.494 e. The Balaban J connectivity index is 1.54. The Morgan fingerprint density at radius 1 is 0.933 bits per heavy atom. The summed E-state index contributed by atoms with van der Waals surface area (Å²) in [4.78, 5) is 7.38. The van der Waals surface area contributed by atoms with Gasteiger partial charge in [0.1, 0.15) is 11.4 Å². The van der Waals surface area contributed by atoms with E-state index in [1.165, 1.54) is 38.8 Å². The van der Waals surface area contributed by atoms with Gasteiger partial charge in [-0.05, 0) is 91.6 Å². The van der Waals surface area contributed by atoms with Crippen molar-refractivity contribution in [2.45, 2.75) is 52.9 Å². The number of ether oxygens (including phenoxy) is 1. The van der Waals surface area contributed by atoms with E-state index in [9.17, 15) is 0 Å². The molecule has 0 aliphatic rings. The lowest BCUT2D eigenvalue weighted by molar-refractivity contribution is 0.229. The predicted octanol–water partition coefficient (Wildman–Crippen LogP) is 6.74. The first-order valence-electron chi connectivity index (χ1n) is 11.2. The van der Waals surface area contributed by atoms with Crippen molar-refractivity contribution in [2.75, 3.05) is 26.2 Å². The summed E-state index contributed by atoms with van der Waals surface area (Å²) in [6.45, 7) is 10.9. The molecule has 0 aliphatic carbocycles. The highest BCUT2D eigenvalue weighted by atomic mass is 79.9. The van der Waals surface area contributed by atoms with Crippen LogP contribution in [-0.2, 0) is 0 Å². The summed E-state index contributed by atoms with van der Waals surface area (Å²) in [5, 5.41) is 0. The Bertz CT molecular complexity index is 912. The Labute approximate surface area is 189 Å². The first kappa shape index (κ1) is 22.8. The average molecular weight is 472 g/mol. The van der Waals surface area contributed by atoms with Crippen molar-refractivity contribution in [1.82, 2.24) is 14.3 Å². The smallest absolute Gasteiger partial charge is 0.137 e. The fourth-order valence-electron chi connectivity index (χ4n) is 3.70. The van der Waals surface area contributed by atoms with E-state index < -0.39 is 0 Å². The molecular weight excluding hydrogens is 438 g/mol. The molecule has 3 aromatic rings. The minimum absolute atomic E-state index is 0.759. The van der Waals surface area contributed by atoms with Gasteiger partial charge in [-0.25, -0.2) is 4.98 Å². The van der Waals surface area contributed by atoms with Gasteiger partial charge in [0.25, 0.3) is 0 Å². The van der Waals surface area contributed by atoms with Crippen LogP contribution in [0.2, 0.25) is 0 Å². The van der Waals surface area contributed by atoms with Gasteiger partial charge < -0.3 is 14.0 Å². The molecule has 2 aromatic heterocycles. The number of imidazole rings is 1. The van der Waals surface area contributed by atoms with E-state index in [2.05, 4.69) is 76.5 Å². The Kier molecular flexibility index (Phi) is 8.76. The monoisotopic (exact) mass is 471 g/mol. The molecule has 3 rings (SSSR count). The van der Waals surface area contributed by atoms with Crippen molar-refractivity contribution in [2.24, 2.45) is 0 Å². The highest BCUT2D eigenvalue weighted by Gasteiger charge is 2.11. The number of fused-ring (bicyclic) bond motifs is 1. The third-order valence-corrected chi connectivity index (χ3v) is 5.96. The first-order valence-corrected chi connectivity index (χ1v) is 12.0. The van der Waals surface area contributed by atoms with Crippen LogP contribution in [0.25, 0.3) is 16.9 Å². The molecule has 0 amide bonds. The van der Waals surface area contributed by atoms with Crippen LogP contribution in [0.1, 0.15) is 51.6 Å². The van der Waals surface area contributed by atoms with Gasteiger partial charge in [-0.2, -0.15) is 0 Å². The lowest BCUT2D eigenvalue weighted by Gasteiger charge is -2.21. The second kappa shape index (κ2) is 11.5. The standard InChI is InChI=1S/C25H34BrN3O/c1-4-6-15-28(16-7-5-2)17-8-18-30-23-12-9-21(10-13-23)25-20(3)29-19-22(26)11-14-24(29)27-25/h9-14,19H,4-8,15-18H2,1-3H3. The van der Waals surface area contributed by atoms with Crippen LogP contribution in [0, 0.1) is 6.92 Å². The van der Waals surface area contributed by atoms with Crippen LogP contribution >= 0.6 is 15.9 Å². The zero-order valence-corrected chi connectivity index (χ0v) is 20.1. The Morgan fingerprint density at radius 3 is 2.27 bits per heavy atom. The molecule has 0 saturated heterocycles. The zero-order valence-electron chi connectivity index (χ0n) is 18.5. The van der Waals surface area contributed by atoms with Crippen molar-refractivity contribution in [1.29, 1.82) is 0 Å². The summed E-state index contributed by atoms with van der Waals surface area (Å²) in [6, 6.07) is 12.4. The van der Waals surface area contributed by atoms with E-state index in [-0.39, 0.29) is 0 Å². The van der Waals surface area contributed by atoms with Gasteiger partial charge in [0.05, 0.1) is 12.3 Å². The minimum Gasteiger partial charge on any atom is -0.494 e. The number of nitrogens with zero attached hydrogens (tertiary/aromatic N) is 3. The number of hydrogen-bond acceptors (Lipinski definition) is 3. The number of aromatic nitrogens is 2. The minimum atomic E-state index is 0.759. The predicted molar refractivity (Wildman–Crippen MR) is 129 cm³/mol. The van der Waals surface area contributed by atoms with E-state index in [0.717, 1.165) is 52.4 Å². The van der Waals surface area contributed by atoms with Crippen LogP contribution < -0.4 is 4.74 Å². The zero-order chi connectivity index (χ0) is 21.3. The molecule has 0 spiro atoms. The van der Waals surface area contributed by atoms with Gasteiger partial charge >= 0.3 is 0 Å². The molecule has 0 N–H and O–H groups in total. The molecule has 4 nitrogen and oxygen atoms in total. The summed E-state index contributed by atoms with van der Waals surface area (Å²) in [7, 11) is 0. The topological polar surface area (TPSA) is 29.8 Å². The molecule has 5 heteroatoms. The Hall–Kier alpha value is -1.85. The summed E-state index contributed by atoms with van der Waals surface area (Å²) >= 11 is 3.54. The number of pyridine rings is 1. The van der Waals surface area contributed by atoms with E-state index in [4.69, 9.17) is 9.72 Å². The molecule has 2 heterocycles. The molecule has 0 aliphatic heterocycles. The highest BCUT2D eigenvalue weighted by Crippen LogP contribution is 2.26. The molecule has 162 valence electrons. The van der Waals surface area contributed by atoms with Crippen LogP contribution in [0.15, 0.2) is 47.1 Å². The second-order valence-corrected chi connectivity index (χ2v) is 8.81. The first-order chi connectivity index (χ1) is 14.6. The number of halogens is 1. The van der Waals surface area contributed by atoms with Crippen LogP contribution in [-0.4, -0.2) is 40.5 Å². The number of rotatable bonds is 12. The second-order valence-electron chi connectivity index (χ2n) is 7.90. The molecule has 30 heavy (non-hydrogen) atoms.